The first-order chi connectivity index (χ1) is 14.9. The van der Waals surface area contributed by atoms with Crippen molar-refractivity contribution in [1.29, 1.82) is 0 Å². The Bertz CT molecular complexity index is 738. The molecule has 3 aliphatic rings. The van der Waals surface area contributed by atoms with Crippen molar-refractivity contribution in [2.75, 3.05) is 0 Å². The van der Waals surface area contributed by atoms with Crippen molar-refractivity contribution in [1.82, 2.24) is 0 Å². The third kappa shape index (κ3) is 5.53. The molecule has 0 heterocycles. The van der Waals surface area contributed by atoms with Crippen LogP contribution in [0.2, 0.25) is 0 Å². The number of halogens is 2. The van der Waals surface area contributed by atoms with Crippen LogP contribution in [0.5, 0.6) is 0 Å². The molecule has 0 aromatic carbocycles. The van der Waals surface area contributed by atoms with E-state index in [4.69, 9.17) is 5.11 Å². The van der Waals surface area contributed by atoms with E-state index < -0.39 is 24.2 Å². The molecule has 3 unspecified atom stereocenters. The molecule has 3 aliphatic carbocycles. The number of fused-ring (bicyclic) bond motifs is 1. The second-order valence-electron chi connectivity index (χ2n) is 11.1. The quantitative estimate of drug-likeness (QED) is 0.434. The van der Waals surface area contributed by atoms with Crippen LogP contribution < -0.4 is 0 Å². The predicted molar refractivity (Wildman–Crippen MR) is 124 cm³/mol. The monoisotopic (exact) mass is 452 g/mol. The lowest BCUT2D eigenvalue weighted by atomic mass is 9.60. The fourth-order valence-electron chi connectivity index (χ4n) is 6.80. The summed E-state index contributed by atoms with van der Waals surface area (Å²) in [4.78, 5) is 0. The molecule has 3 nitrogen and oxygen atoms in total. The van der Waals surface area contributed by atoms with Crippen molar-refractivity contribution in [3.8, 4) is 0 Å². The first-order valence-electron chi connectivity index (χ1n) is 12.5. The third-order valence-corrected chi connectivity index (χ3v) is 8.88. The Kier molecular flexibility index (Phi) is 8.05. The van der Waals surface area contributed by atoms with E-state index >= 15 is 0 Å². The molecule has 3 fully saturated rings. The summed E-state index contributed by atoms with van der Waals surface area (Å²) in [5.41, 5.74) is 3.38. The molecular formula is C27H42F2O3. The molecule has 0 aromatic heterocycles. The van der Waals surface area contributed by atoms with Crippen LogP contribution >= 0.6 is 0 Å². The average Bonchev–Trinajstić information content (AvgIpc) is 3.06. The lowest BCUT2D eigenvalue weighted by Crippen LogP contribution is -2.36. The zero-order chi connectivity index (χ0) is 23.7. The van der Waals surface area contributed by atoms with Crippen LogP contribution in [0.4, 0.5) is 8.78 Å². The zero-order valence-electron chi connectivity index (χ0n) is 20.0. The summed E-state index contributed by atoms with van der Waals surface area (Å²) in [5, 5.41) is 29.0. The van der Waals surface area contributed by atoms with E-state index in [-0.39, 0.29) is 5.41 Å². The van der Waals surface area contributed by atoms with Gasteiger partial charge in [-0.1, -0.05) is 57.9 Å². The van der Waals surface area contributed by atoms with Crippen molar-refractivity contribution in [3.63, 3.8) is 0 Å². The molecule has 0 radical (unpaired) electrons. The molecular weight excluding hydrogens is 410 g/mol. The van der Waals surface area contributed by atoms with Gasteiger partial charge in [0.2, 0.25) is 0 Å². The summed E-state index contributed by atoms with van der Waals surface area (Å²) in [6, 6.07) is 0. The Hall–Kier alpha value is -1.04. The summed E-state index contributed by atoms with van der Waals surface area (Å²) in [5.74, 6) is 0.603. The molecule has 32 heavy (non-hydrogen) atoms. The molecule has 0 saturated heterocycles. The highest BCUT2D eigenvalue weighted by molar-refractivity contribution is 5.38. The van der Waals surface area contributed by atoms with Gasteiger partial charge in [-0.2, -0.15) is 8.78 Å². The van der Waals surface area contributed by atoms with Gasteiger partial charge in [-0.3, -0.25) is 0 Å². The molecule has 0 aromatic rings. The third-order valence-electron chi connectivity index (χ3n) is 8.88. The van der Waals surface area contributed by atoms with Crippen molar-refractivity contribution in [3.05, 3.63) is 35.5 Å². The fraction of sp³-hybridized carbons (Fsp3) is 0.778. The maximum Gasteiger partial charge on any atom is 0.355 e. The van der Waals surface area contributed by atoms with Gasteiger partial charge in [-0.25, -0.2) is 0 Å². The number of aliphatic hydroxyl groups excluding tert-OH is 2. The molecule has 182 valence electrons. The molecule has 7 atom stereocenters. The zero-order valence-corrected chi connectivity index (χ0v) is 20.0. The number of hydrogen-bond donors (Lipinski definition) is 3. The number of rotatable bonds is 7. The highest BCUT2D eigenvalue weighted by Crippen LogP contribution is 2.60. The van der Waals surface area contributed by atoms with Gasteiger partial charge in [-0.15, -0.1) is 0 Å². The largest absolute Gasteiger partial charge is 0.393 e. The number of hydrogen-bond acceptors (Lipinski definition) is 3. The maximum absolute atomic E-state index is 13.1. The molecule has 0 spiro atoms. The van der Waals surface area contributed by atoms with E-state index in [0.717, 1.165) is 43.3 Å². The van der Waals surface area contributed by atoms with Crippen molar-refractivity contribution in [2.24, 2.45) is 29.1 Å². The van der Waals surface area contributed by atoms with Crippen molar-refractivity contribution >= 4 is 0 Å². The van der Waals surface area contributed by atoms with E-state index in [1.54, 1.807) is 0 Å². The van der Waals surface area contributed by atoms with E-state index in [1.165, 1.54) is 25.3 Å². The van der Waals surface area contributed by atoms with Gasteiger partial charge in [0.15, 0.2) is 0 Å². The molecule has 0 aliphatic heterocycles. The van der Waals surface area contributed by atoms with Crippen LogP contribution in [0.25, 0.3) is 0 Å². The topological polar surface area (TPSA) is 60.7 Å². The SMILES string of the molecule is C=C1C(=CC=C2CCC[C@]3(C)[C@@H]([C@H](C)CCCC(C)C(O)(F)F)CC[C@@H]23)CC(O)CC1O. The van der Waals surface area contributed by atoms with E-state index in [1.807, 2.05) is 0 Å². The number of alkyl halides is 2. The van der Waals surface area contributed by atoms with Gasteiger partial charge in [0.1, 0.15) is 0 Å². The molecule has 3 saturated carbocycles. The summed E-state index contributed by atoms with van der Waals surface area (Å²) in [6.45, 7) is 10.1. The molecule has 3 rings (SSSR count). The van der Waals surface area contributed by atoms with Crippen LogP contribution in [0.15, 0.2) is 35.5 Å². The van der Waals surface area contributed by atoms with Gasteiger partial charge in [-0.05, 0) is 79.3 Å². The minimum Gasteiger partial charge on any atom is -0.393 e. The first-order valence-corrected chi connectivity index (χ1v) is 12.5. The molecule has 0 bridgehead atoms. The summed E-state index contributed by atoms with van der Waals surface area (Å²) in [6.07, 6.45) is 8.23. The van der Waals surface area contributed by atoms with Crippen LogP contribution in [0, 0.1) is 29.1 Å². The minimum absolute atomic E-state index is 0.233. The van der Waals surface area contributed by atoms with Crippen LogP contribution in [0.1, 0.15) is 85.0 Å². The van der Waals surface area contributed by atoms with Gasteiger partial charge in [0.05, 0.1) is 12.2 Å². The first kappa shape index (κ1) is 25.6. The van der Waals surface area contributed by atoms with Crippen molar-refractivity contribution < 1.29 is 24.1 Å². The van der Waals surface area contributed by atoms with E-state index in [2.05, 4.69) is 32.6 Å². The lowest BCUT2D eigenvalue weighted by molar-refractivity contribution is -0.234. The highest BCUT2D eigenvalue weighted by atomic mass is 19.3. The normalized spacial score (nSPS) is 38.2. The molecule has 5 heteroatoms. The maximum atomic E-state index is 13.1. The van der Waals surface area contributed by atoms with Gasteiger partial charge < -0.3 is 15.3 Å². The van der Waals surface area contributed by atoms with E-state index in [9.17, 15) is 19.0 Å². The lowest BCUT2D eigenvalue weighted by Gasteiger charge is -2.44. The Morgan fingerprint density at radius 2 is 1.91 bits per heavy atom. The number of aliphatic hydroxyl groups is 3. The fourth-order valence-corrected chi connectivity index (χ4v) is 6.80. The number of allylic oxidation sites excluding steroid dienone is 3. The second-order valence-corrected chi connectivity index (χ2v) is 11.1. The Balaban J connectivity index is 1.66. The average molecular weight is 453 g/mol. The predicted octanol–water partition coefficient (Wildman–Crippen LogP) is 6.16. The Labute approximate surface area is 192 Å². The van der Waals surface area contributed by atoms with Crippen LogP contribution in [-0.4, -0.2) is 33.6 Å². The van der Waals surface area contributed by atoms with Gasteiger partial charge in [0, 0.05) is 12.3 Å². The van der Waals surface area contributed by atoms with Gasteiger partial charge in [0.25, 0.3) is 0 Å². The summed E-state index contributed by atoms with van der Waals surface area (Å²) in [7, 11) is 0. The second kappa shape index (κ2) is 10.1. The van der Waals surface area contributed by atoms with E-state index in [0.29, 0.717) is 37.0 Å². The standard InChI is InChI=1S/C27H42F2O3/c1-17(7-5-8-18(2)27(28,29)32)23-12-13-24-20(9-6-14-26(23,24)4)10-11-21-15-22(30)16-25(31)19(21)3/h10-11,17-18,22-25,30-32H,3,5-9,12-16H2,1-2,4H3/t17-,18?,22?,23-,24+,25?,26-/m1/s1. The Morgan fingerprint density at radius 3 is 2.59 bits per heavy atom. The van der Waals surface area contributed by atoms with Crippen LogP contribution in [-0.2, 0) is 0 Å². The van der Waals surface area contributed by atoms with Gasteiger partial charge >= 0.3 is 6.11 Å². The summed E-state index contributed by atoms with van der Waals surface area (Å²) >= 11 is 0. The van der Waals surface area contributed by atoms with Crippen molar-refractivity contribution in [2.45, 2.75) is 103 Å². The minimum atomic E-state index is -3.58. The highest BCUT2D eigenvalue weighted by Gasteiger charge is 2.50. The van der Waals surface area contributed by atoms with Crippen LogP contribution in [0.3, 0.4) is 0 Å². The summed E-state index contributed by atoms with van der Waals surface area (Å²) < 4.78 is 26.1. The Morgan fingerprint density at radius 1 is 1.19 bits per heavy atom. The smallest absolute Gasteiger partial charge is 0.355 e. The molecule has 3 N–H and O–H groups in total. The molecule has 0 amide bonds.